The van der Waals surface area contributed by atoms with Crippen molar-refractivity contribution in [3.8, 4) is 0 Å². The fraction of sp³-hybridized carbons (Fsp3) is 0.862. The van der Waals surface area contributed by atoms with Gasteiger partial charge in [-0.2, -0.15) is 0 Å². The van der Waals surface area contributed by atoms with Crippen molar-refractivity contribution in [1.82, 2.24) is 0 Å². The molecule has 0 aromatic carbocycles. The molecule has 0 bridgehead atoms. The number of allylic oxidation sites excluding steroid dienone is 3. The second-order valence-corrected chi connectivity index (χ2v) is 12.8. The van der Waals surface area contributed by atoms with Crippen LogP contribution in [0.4, 0.5) is 0 Å². The van der Waals surface area contributed by atoms with Crippen molar-refractivity contribution in [2.24, 2.45) is 0 Å². The van der Waals surface area contributed by atoms with E-state index in [1.54, 1.807) is 0 Å². The zero-order chi connectivity index (χ0) is 25.5. The monoisotopic (exact) mass is 500 g/mol. The molecule has 0 aromatic heterocycles. The maximum Gasteiger partial charge on any atom is 0.385 e. The number of rotatable bonds is 25. The summed E-state index contributed by atoms with van der Waals surface area (Å²) >= 11 is 0. The van der Waals surface area contributed by atoms with Crippen LogP contribution < -0.4 is 0 Å². The van der Waals surface area contributed by atoms with Crippen LogP contribution in [0.1, 0.15) is 129 Å². The van der Waals surface area contributed by atoms with Crippen LogP contribution in [0.5, 0.6) is 0 Å². The number of hydrogen-bond acceptors (Lipinski definition) is 2. The lowest BCUT2D eigenvalue weighted by Gasteiger charge is -2.35. The van der Waals surface area contributed by atoms with Crippen molar-refractivity contribution >= 4 is 7.60 Å². The molecule has 0 radical (unpaired) electrons. The van der Waals surface area contributed by atoms with Crippen LogP contribution in [0.25, 0.3) is 0 Å². The molecule has 2 unspecified atom stereocenters. The molecule has 202 valence electrons. The highest BCUT2D eigenvalue weighted by Crippen LogP contribution is 2.51. The Bertz CT molecular complexity index is 542. The average Bonchev–Trinajstić information content (AvgIpc) is 2.76. The molecule has 0 aromatic rings. The van der Waals surface area contributed by atoms with Crippen LogP contribution in [-0.2, 0) is 9.09 Å². The maximum atomic E-state index is 12.5. The van der Waals surface area contributed by atoms with E-state index in [2.05, 4.69) is 18.7 Å². The maximum absolute atomic E-state index is 12.5. The van der Waals surface area contributed by atoms with Crippen molar-refractivity contribution in [3.05, 3.63) is 24.8 Å². The van der Waals surface area contributed by atoms with E-state index in [1.165, 1.54) is 103 Å². The van der Waals surface area contributed by atoms with E-state index in [4.69, 9.17) is 4.52 Å². The van der Waals surface area contributed by atoms with Crippen LogP contribution >= 0.6 is 7.60 Å². The Morgan fingerprint density at radius 3 is 1.50 bits per heavy atom. The fourth-order valence-corrected chi connectivity index (χ4v) is 6.49. The average molecular weight is 501 g/mol. The van der Waals surface area contributed by atoms with Gasteiger partial charge in [-0.1, -0.05) is 95.8 Å². The first-order valence-electron chi connectivity index (χ1n) is 14.3. The first kappa shape index (κ1) is 33.6. The molecule has 5 heteroatoms. The minimum absolute atomic E-state index is 0.352. The van der Waals surface area contributed by atoms with Gasteiger partial charge in [0.25, 0.3) is 0 Å². The third-order valence-electron chi connectivity index (χ3n) is 6.62. The van der Waals surface area contributed by atoms with E-state index in [9.17, 15) is 9.46 Å². The third-order valence-corrected chi connectivity index (χ3v) is 8.99. The molecule has 0 aliphatic carbocycles. The van der Waals surface area contributed by atoms with Crippen LogP contribution in [0.3, 0.4) is 0 Å². The van der Waals surface area contributed by atoms with E-state index in [0.29, 0.717) is 17.5 Å². The van der Waals surface area contributed by atoms with Gasteiger partial charge in [0.15, 0.2) is 5.78 Å². The van der Waals surface area contributed by atoms with Crippen LogP contribution in [-0.4, -0.2) is 42.9 Å². The van der Waals surface area contributed by atoms with E-state index in [0.717, 1.165) is 12.8 Å². The molecule has 2 atom stereocenters. The van der Waals surface area contributed by atoms with Gasteiger partial charge < -0.3 is 13.9 Å². The van der Waals surface area contributed by atoms with Gasteiger partial charge in [0, 0.05) is 6.42 Å². The number of nitrogens with zero attached hydrogens (tertiary/aromatic N) is 1. The quantitative estimate of drug-likeness (QED) is 0.0587. The highest BCUT2D eigenvalue weighted by atomic mass is 31.2. The minimum Gasteiger partial charge on any atom is -0.320 e. The van der Waals surface area contributed by atoms with Gasteiger partial charge in [-0.05, 0) is 44.9 Å². The van der Waals surface area contributed by atoms with Gasteiger partial charge in [-0.3, -0.25) is 4.57 Å². The van der Waals surface area contributed by atoms with Crippen LogP contribution in [0.15, 0.2) is 24.8 Å². The van der Waals surface area contributed by atoms with Crippen LogP contribution in [0.2, 0.25) is 0 Å². The summed E-state index contributed by atoms with van der Waals surface area (Å²) in [5.41, 5.74) is 0. The lowest BCUT2D eigenvalue weighted by molar-refractivity contribution is -0.883. The lowest BCUT2D eigenvalue weighted by atomic mass is 10.1. The molecule has 0 amide bonds. The Kier molecular flexibility index (Phi) is 21.6. The molecular weight excluding hydrogens is 441 g/mol. The first-order chi connectivity index (χ1) is 16.3. The molecular formula is C29H59NO3P+. The summed E-state index contributed by atoms with van der Waals surface area (Å²) in [4.78, 5) is 10.3. The van der Waals surface area contributed by atoms with Crippen molar-refractivity contribution in [2.75, 3.05) is 27.7 Å². The van der Waals surface area contributed by atoms with Gasteiger partial charge in [0.2, 0.25) is 0 Å². The number of unbranched alkanes of at least 4 members (excludes halogenated alkanes) is 16. The molecule has 4 nitrogen and oxygen atoms in total. The SMILES string of the molecule is C=CCCCCCCCCCC=CCCCCCCCCCCOP(=O)(O)C(CC)[N+](C)(C)C. The standard InChI is InChI=1S/C29H58NO3P/c1-6-8-9-10-11-12-13-14-15-16-17-18-19-20-21-22-23-24-25-26-27-28-33-34(31,32)29(7-2)30(3,4)5/h6,17-18,29H,1,7-16,19-28H2,2-5H3/p+1. The predicted molar refractivity (Wildman–Crippen MR) is 150 cm³/mol. The number of hydrogen-bond donors (Lipinski definition) is 1. The van der Waals surface area contributed by atoms with E-state index < -0.39 is 7.60 Å². The second-order valence-electron chi connectivity index (χ2n) is 10.8. The molecule has 34 heavy (non-hydrogen) atoms. The molecule has 0 spiro atoms. The fourth-order valence-electron chi connectivity index (χ4n) is 4.59. The lowest BCUT2D eigenvalue weighted by Crippen LogP contribution is -2.44. The summed E-state index contributed by atoms with van der Waals surface area (Å²) in [6.45, 7) is 6.12. The largest absolute Gasteiger partial charge is 0.385 e. The Morgan fingerprint density at radius 2 is 1.12 bits per heavy atom. The normalized spacial score (nSPS) is 15.0. The summed E-state index contributed by atoms with van der Waals surface area (Å²) in [5, 5.41) is 0. The summed E-state index contributed by atoms with van der Waals surface area (Å²) in [5.74, 6) is -0.352. The molecule has 1 N–H and O–H groups in total. The Labute approximate surface area is 213 Å². The Hall–Kier alpha value is -0.410. The second kappa shape index (κ2) is 21.8. The van der Waals surface area contributed by atoms with Crippen molar-refractivity contribution in [1.29, 1.82) is 0 Å². The summed E-state index contributed by atoms with van der Waals surface area (Å²) in [6, 6.07) is 0. The minimum atomic E-state index is -3.56. The summed E-state index contributed by atoms with van der Waals surface area (Å²) in [6.07, 6.45) is 30.4. The third kappa shape index (κ3) is 19.8. The van der Waals surface area contributed by atoms with Crippen molar-refractivity contribution in [2.45, 2.75) is 135 Å². The topological polar surface area (TPSA) is 46.5 Å². The van der Waals surface area contributed by atoms with Crippen molar-refractivity contribution < 1.29 is 18.5 Å². The predicted octanol–water partition coefficient (Wildman–Crippen LogP) is 9.39. The molecule has 0 aliphatic rings. The van der Waals surface area contributed by atoms with E-state index in [-0.39, 0.29) is 5.78 Å². The smallest absolute Gasteiger partial charge is 0.320 e. The Morgan fingerprint density at radius 1 is 0.735 bits per heavy atom. The van der Waals surface area contributed by atoms with Crippen LogP contribution in [0, 0.1) is 0 Å². The highest BCUT2D eigenvalue weighted by molar-refractivity contribution is 7.53. The molecule has 0 rings (SSSR count). The van der Waals surface area contributed by atoms with Gasteiger partial charge in [0.05, 0.1) is 27.7 Å². The first-order valence-corrected chi connectivity index (χ1v) is 15.9. The molecule has 0 aliphatic heterocycles. The van der Waals surface area contributed by atoms with Gasteiger partial charge in [0.1, 0.15) is 0 Å². The zero-order valence-electron chi connectivity index (χ0n) is 23.3. The van der Waals surface area contributed by atoms with E-state index in [1.807, 2.05) is 34.1 Å². The Balaban J connectivity index is 3.42. The van der Waals surface area contributed by atoms with Gasteiger partial charge >= 0.3 is 7.60 Å². The summed E-state index contributed by atoms with van der Waals surface area (Å²) < 4.78 is 18.4. The molecule has 0 saturated carbocycles. The van der Waals surface area contributed by atoms with Crippen molar-refractivity contribution in [3.63, 3.8) is 0 Å². The van der Waals surface area contributed by atoms with Gasteiger partial charge in [-0.15, -0.1) is 6.58 Å². The summed E-state index contributed by atoms with van der Waals surface area (Å²) in [7, 11) is 2.30. The van der Waals surface area contributed by atoms with Gasteiger partial charge in [-0.25, -0.2) is 0 Å². The molecule has 0 heterocycles. The highest BCUT2D eigenvalue weighted by Gasteiger charge is 2.41. The molecule has 0 saturated heterocycles. The van der Waals surface area contributed by atoms with E-state index >= 15 is 0 Å². The zero-order valence-corrected chi connectivity index (χ0v) is 24.2. The molecule has 0 fully saturated rings. The number of quaternary nitrogens is 1.